The number of rotatable bonds is 2. The highest BCUT2D eigenvalue weighted by Gasteiger charge is 2.09. The quantitative estimate of drug-likeness (QED) is 0.830. The number of amides is 1. The first-order valence-electron chi connectivity index (χ1n) is 6.72. The number of nitrogens with one attached hydrogen (secondary N) is 2. The molecule has 0 saturated carbocycles. The molecule has 2 N–H and O–H groups in total. The van der Waals surface area contributed by atoms with Crippen LogP contribution in [0.2, 0.25) is 0 Å². The van der Waals surface area contributed by atoms with E-state index < -0.39 is 0 Å². The Morgan fingerprint density at radius 2 is 1.67 bits per heavy atom. The topological polar surface area (TPSA) is 41.1 Å². The number of hydrogen-bond acceptors (Lipinski definition) is 2. The molecular formula is C17H18N2OS. The lowest BCUT2D eigenvalue weighted by molar-refractivity contribution is 0.0977. The minimum atomic E-state index is -0.204. The third kappa shape index (κ3) is 3.89. The SMILES string of the molecule is Cc1ccc(C(=O)NC(=S)Nc2ccccc2C)cc1C. The van der Waals surface area contributed by atoms with E-state index in [9.17, 15) is 4.79 Å². The van der Waals surface area contributed by atoms with E-state index in [-0.39, 0.29) is 5.91 Å². The molecule has 0 bridgehead atoms. The molecule has 4 heteroatoms. The van der Waals surface area contributed by atoms with Gasteiger partial charge < -0.3 is 5.32 Å². The highest BCUT2D eigenvalue weighted by molar-refractivity contribution is 7.80. The summed E-state index contributed by atoms with van der Waals surface area (Å²) in [6.45, 7) is 5.98. The number of hydrogen-bond donors (Lipinski definition) is 2. The van der Waals surface area contributed by atoms with E-state index in [1.807, 2.05) is 57.2 Å². The molecule has 0 aliphatic rings. The van der Waals surface area contributed by atoms with E-state index in [0.717, 1.165) is 22.4 Å². The van der Waals surface area contributed by atoms with Crippen LogP contribution in [0.15, 0.2) is 42.5 Å². The first-order chi connectivity index (χ1) is 9.97. The first kappa shape index (κ1) is 15.2. The van der Waals surface area contributed by atoms with Gasteiger partial charge in [-0.25, -0.2) is 0 Å². The molecule has 0 unspecified atom stereocenters. The van der Waals surface area contributed by atoms with E-state index in [2.05, 4.69) is 10.6 Å². The van der Waals surface area contributed by atoms with Gasteiger partial charge >= 0.3 is 0 Å². The fourth-order valence-corrected chi connectivity index (χ4v) is 2.13. The van der Waals surface area contributed by atoms with Crippen LogP contribution >= 0.6 is 12.2 Å². The normalized spacial score (nSPS) is 10.0. The highest BCUT2D eigenvalue weighted by atomic mass is 32.1. The maximum absolute atomic E-state index is 12.2. The average molecular weight is 298 g/mol. The second-order valence-corrected chi connectivity index (χ2v) is 5.43. The van der Waals surface area contributed by atoms with Crippen LogP contribution in [-0.2, 0) is 0 Å². The van der Waals surface area contributed by atoms with E-state index in [1.54, 1.807) is 6.07 Å². The molecule has 2 aromatic rings. The van der Waals surface area contributed by atoms with Crippen molar-refractivity contribution < 1.29 is 4.79 Å². The Hall–Kier alpha value is -2.20. The second-order valence-electron chi connectivity index (χ2n) is 5.02. The summed E-state index contributed by atoms with van der Waals surface area (Å²) in [5, 5.41) is 6.03. The maximum atomic E-state index is 12.2. The van der Waals surface area contributed by atoms with Crippen LogP contribution < -0.4 is 10.6 Å². The number of benzene rings is 2. The minimum Gasteiger partial charge on any atom is -0.332 e. The predicted molar refractivity (Wildman–Crippen MR) is 90.8 cm³/mol. The summed E-state index contributed by atoms with van der Waals surface area (Å²) >= 11 is 5.19. The van der Waals surface area contributed by atoms with Crippen LogP contribution in [0.3, 0.4) is 0 Å². The van der Waals surface area contributed by atoms with Gasteiger partial charge in [-0.3, -0.25) is 10.1 Å². The summed E-state index contributed by atoms with van der Waals surface area (Å²) < 4.78 is 0. The molecule has 0 atom stereocenters. The molecule has 0 heterocycles. The number of anilines is 1. The van der Waals surface area contributed by atoms with Crippen molar-refractivity contribution in [2.75, 3.05) is 5.32 Å². The molecule has 0 saturated heterocycles. The van der Waals surface area contributed by atoms with E-state index in [4.69, 9.17) is 12.2 Å². The van der Waals surface area contributed by atoms with Gasteiger partial charge in [-0.2, -0.15) is 0 Å². The van der Waals surface area contributed by atoms with Gasteiger partial charge in [0.25, 0.3) is 5.91 Å². The standard InChI is InChI=1S/C17H18N2OS/c1-11-8-9-14(10-13(11)3)16(20)19-17(21)18-15-7-5-4-6-12(15)2/h4-10H,1-3H3,(H2,18,19,20,21). The lowest BCUT2D eigenvalue weighted by atomic mass is 10.1. The Balaban J connectivity index is 2.04. The van der Waals surface area contributed by atoms with Crippen LogP contribution in [0.1, 0.15) is 27.0 Å². The molecule has 0 aliphatic heterocycles. The van der Waals surface area contributed by atoms with Crippen LogP contribution in [0.4, 0.5) is 5.69 Å². The summed E-state index contributed by atoms with van der Waals surface area (Å²) in [7, 11) is 0. The Labute approximate surface area is 130 Å². The Morgan fingerprint density at radius 1 is 0.952 bits per heavy atom. The average Bonchev–Trinajstić information content (AvgIpc) is 2.44. The fourth-order valence-electron chi connectivity index (χ4n) is 1.92. The zero-order valence-corrected chi connectivity index (χ0v) is 13.2. The van der Waals surface area contributed by atoms with Gasteiger partial charge in [0, 0.05) is 11.3 Å². The van der Waals surface area contributed by atoms with E-state index >= 15 is 0 Å². The van der Waals surface area contributed by atoms with E-state index in [0.29, 0.717) is 10.7 Å². The van der Waals surface area contributed by atoms with Crippen LogP contribution in [-0.4, -0.2) is 11.0 Å². The number of para-hydroxylation sites is 1. The molecule has 0 fully saturated rings. The number of carbonyl (C=O) groups is 1. The monoisotopic (exact) mass is 298 g/mol. The number of thiocarbonyl (C=S) groups is 1. The largest absolute Gasteiger partial charge is 0.332 e. The van der Waals surface area contributed by atoms with E-state index in [1.165, 1.54) is 0 Å². The van der Waals surface area contributed by atoms with Crippen molar-refractivity contribution in [1.29, 1.82) is 0 Å². The molecule has 0 spiro atoms. The summed E-state index contributed by atoms with van der Waals surface area (Å²) in [4.78, 5) is 12.2. The Kier molecular flexibility index (Phi) is 4.70. The number of carbonyl (C=O) groups excluding carboxylic acids is 1. The Morgan fingerprint density at radius 3 is 2.33 bits per heavy atom. The molecule has 0 radical (unpaired) electrons. The van der Waals surface area contributed by atoms with Gasteiger partial charge in [0.15, 0.2) is 5.11 Å². The molecule has 1 amide bonds. The molecule has 21 heavy (non-hydrogen) atoms. The van der Waals surface area contributed by atoms with Gasteiger partial charge in [-0.1, -0.05) is 24.3 Å². The second kappa shape index (κ2) is 6.50. The smallest absolute Gasteiger partial charge is 0.257 e. The fraction of sp³-hybridized carbons (Fsp3) is 0.176. The molecule has 0 aliphatic carbocycles. The van der Waals surface area contributed by atoms with Crippen molar-refractivity contribution in [2.24, 2.45) is 0 Å². The molecular weight excluding hydrogens is 280 g/mol. The molecule has 2 rings (SSSR count). The molecule has 0 aromatic heterocycles. The van der Waals surface area contributed by atoms with Gasteiger partial charge in [-0.05, 0) is 67.9 Å². The molecule has 3 nitrogen and oxygen atoms in total. The van der Waals surface area contributed by atoms with Gasteiger partial charge in [0.1, 0.15) is 0 Å². The summed E-state index contributed by atoms with van der Waals surface area (Å²) in [6.07, 6.45) is 0. The van der Waals surface area contributed by atoms with Crippen molar-refractivity contribution in [3.8, 4) is 0 Å². The Bertz CT molecular complexity index is 695. The van der Waals surface area contributed by atoms with Crippen LogP contribution in [0, 0.1) is 20.8 Å². The highest BCUT2D eigenvalue weighted by Crippen LogP contribution is 2.13. The summed E-state index contributed by atoms with van der Waals surface area (Å²) in [6, 6.07) is 13.4. The number of aryl methyl sites for hydroxylation is 3. The third-order valence-corrected chi connectivity index (χ3v) is 3.59. The summed E-state index contributed by atoms with van der Waals surface area (Å²) in [5.74, 6) is -0.204. The third-order valence-electron chi connectivity index (χ3n) is 3.39. The summed E-state index contributed by atoms with van der Waals surface area (Å²) in [5.41, 5.74) is 4.81. The zero-order valence-electron chi connectivity index (χ0n) is 12.4. The lowest BCUT2D eigenvalue weighted by Crippen LogP contribution is -2.34. The maximum Gasteiger partial charge on any atom is 0.257 e. The first-order valence-corrected chi connectivity index (χ1v) is 7.13. The van der Waals surface area contributed by atoms with Crippen molar-refractivity contribution >= 4 is 28.9 Å². The van der Waals surface area contributed by atoms with Gasteiger partial charge in [0.2, 0.25) is 0 Å². The van der Waals surface area contributed by atoms with Crippen molar-refractivity contribution in [1.82, 2.24) is 5.32 Å². The predicted octanol–water partition coefficient (Wildman–Crippen LogP) is 3.74. The minimum absolute atomic E-state index is 0.204. The van der Waals surface area contributed by atoms with Crippen LogP contribution in [0.5, 0.6) is 0 Å². The van der Waals surface area contributed by atoms with Crippen LogP contribution in [0.25, 0.3) is 0 Å². The zero-order chi connectivity index (χ0) is 15.4. The van der Waals surface area contributed by atoms with Crippen molar-refractivity contribution in [3.05, 3.63) is 64.7 Å². The van der Waals surface area contributed by atoms with Gasteiger partial charge in [0.05, 0.1) is 0 Å². The van der Waals surface area contributed by atoms with Crippen molar-refractivity contribution in [2.45, 2.75) is 20.8 Å². The van der Waals surface area contributed by atoms with Crippen molar-refractivity contribution in [3.63, 3.8) is 0 Å². The molecule has 108 valence electrons. The lowest BCUT2D eigenvalue weighted by Gasteiger charge is -2.12. The van der Waals surface area contributed by atoms with Gasteiger partial charge in [-0.15, -0.1) is 0 Å². The molecule has 2 aromatic carbocycles.